The van der Waals surface area contributed by atoms with Crippen LogP contribution in [0.25, 0.3) is 0 Å². The third-order valence-electron chi connectivity index (χ3n) is 2.33. The summed E-state index contributed by atoms with van der Waals surface area (Å²) in [5.41, 5.74) is 7.43. The zero-order valence-electron chi connectivity index (χ0n) is 9.16. The number of rotatable bonds is 2. The first-order valence-electron chi connectivity index (χ1n) is 4.98. The normalized spacial score (nSPS) is 10.2. The number of amides is 1. The molecule has 0 bridgehead atoms. The summed E-state index contributed by atoms with van der Waals surface area (Å²) in [6.07, 6.45) is 1.47. The zero-order chi connectivity index (χ0) is 12.4. The van der Waals surface area contributed by atoms with E-state index in [2.05, 4.69) is 5.32 Å². The van der Waals surface area contributed by atoms with Crippen LogP contribution in [0.4, 0.5) is 11.4 Å². The summed E-state index contributed by atoms with van der Waals surface area (Å²) in [5, 5.41) is 3.19. The van der Waals surface area contributed by atoms with E-state index in [4.69, 9.17) is 21.8 Å². The van der Waals surface area contributed by atoms with Crippen molar-refractivity contribution in [2.45, 2.75) is 6.92 Å². The molecule has 1 aromatic heterocycles. The second-order valence-electron chi connectivity index (χ2n) is 3.62. The number of benzene rings is 1. The lowest BCUT2D eigenvalue weighted by atomic mass is 10.2. The molecule has 1 aromatic carbocycles. The average Bonchev–Trinajstić information content (AvgIpc) is 2.68. The molecule has 0 spiro atoms. The molecular weight excluding hydrogens is 240 g/mol. The first-order chi connectivity index (χ1) is 8.08. The van der Waals surface area contributed by atoms with E-state index in [0.29, 0.717) is 16.4 Å². The van der Waals surface area contributed by atoms with Gasteiger partial charge in [0.05, 0.1) is 17.6 Å². The van der Waals surface area contributed by atoms with E-state index >= 15 is 0 Å². The van der Waals surface area contributed by atoms with Crippen LogP contribution >= 0.6 is 11.6 Å². The first-order valence-corrected chi connectivity index (χ1v) is 5.36. The topological polar surface area (TPSA) is 68.3 Å². The number of nitrogens with two attached hydrogens (primary N) is 1. The molecule has 0 fully saturated rings. The van der Waals surface area contributed by atoms with Gasteiger partial charge in [-0.05, 0) is 31.2 Å². The van der Waals surface area contributed by atoms with E-state index in [1.807, 2.05) is 0 Å². The second-order valence-corrected chi connectivity index (χ2v) is 4.05. The molecule has 0 radical (unpaired) electrons. The largest absolute Gasteiger partial charge is 0.459 e. The number of nitrogens with one attached hydrogen (secondary N) is 1. The van der Waals surface area contributed by atoms with E-state index in [9.17, 15) is 4.79 Å². The first kappa shape index (κ1) is 11.5. The van der Waals surface area contributed by atoms with E-state index in [-0.39, 0.29) is 11.7 Å². The number of furan rings is 1. The van der Waals surface area contributed by atoms with Crippen LogP contribution in [-0.4, -0.2) is 5.91 Å². The molecular formula is C12H11ClN2O2. The van der Waals surface area contributed by atoms with Crippen molar-refractivity contribution in [1.82, 2.24) is 0 Å². The molecule has 3 N–H and O–H groups in total. The van der Waals surface area contributed by atoms with Gasteiger partial charge in [-0.1, -0.05) is 11.6 Å². The fourth-order valence-corrected chi connectivity index (χ4v) is 1.61. The number of hydrogen-bond acceptors (Lipinski definition) is 3. The number of anilines is 2. The SMILES string of the molecule is Cc1ccoc1C(=O)Nc1ccc(Cl)cc1N. The molecule has 4 nitrogen and oxygen atoms in total. The smallest absolute Gasteiger partial charge is 0.291 e. The summed E-state index contributed by atoms with van der Waals surface area (Å²) in [7, 11) is 0. The second kappa shape index (κ2) is 4.51. The minimum Gasteiger partial charge on any atom is -0.459 e. The molecule has 2 aromatic rings. The molecule has 0 aliphatic carbocycles. The maximum Gasteiger partial charge on any atom is 0.291 e. The lowest BCUT2D eigenvalue weighted by Gasteiger charge is -2.07. The molecule has 88 valence electrons. The summed E-state index contributed by atoms with van der Waals surface area (Å²) in [4.78, 5) is 11.8. The standard InChI is InChI=1S/C12H11ClN2O2/c1-7-4-5-17-11(7)12(16)15-10-3-2-8(13)6-9(10)14/h2-6H,14H2,1H3,(H,15,16). The van der Waals surface area contributed by atoms with Gasteiger partial charge >= 0.3 is 0 Å². The Morgan fingerprint density at radius 1 is 1.41 bits per heavy atom. The molecule has 0 saturated heterocycles. The third kappa shape index (κ3) is 2.42. The van der Waals surface area contributed by atoms with Crippen molar-refractivity contribution in [3.8, 4) is 0 Å². The zero-order valence-corrected chi connectivity index (χ0v) is 9.91. The Morgan fingerprint density at radius 3 is 2.76 bits per heavy atom. The predicted molar refractivity (Wildman–Crippen MR) is 67.3 cm³/mol. The number of halogens is 1. The van der Waals surface area contributed by atoms with Crippen molar-refractivity contribution in [3.63, 3.8) is 0 Å². The molecule has 0 aliphatic heterocycles. The third-order valence-corrected chi connectivity index (χ3v) is 2.57. The average molecular weight is 251 g/mol. The number of carbonyl (C=O) groups is 1. The summed E-state index contributed by atoms with van der Waals surface area (Å²) in [5.74, 6) is -0.0547. The molecule has 1 heterocycles. The highest BCUT2D eigenvalue weighted by Crippen LogP contribution is 2.23. The van der Waals surface area contributed by atoms with E-state index < -0.39 is 0 Å². The number of nitrogen functional groups attached to an aromatic ring is 1. The van der Waals surface area contributed by atoms with Gasteiger partial charge in [-0.2, -0.15) is 0 Å². The molecule has 17 heavy (non-hydrogen) atoms. The Balaban J connectivity index is 2.22. The van der Waals surface area contributed by atoms with Crippen molar-refractivity contribution in [1.29, 1.82) is 0 Å². The minimum atomic E-state index is -0.332. The predicted octanol–water partition coefficient (Wildman–Crippen LogP) is 3.08. The summed E-state index contributed by atoms with van der Waals surface area (Å²) in [6.45, 7) is 1.80. The molecule has 0 aliphatic rings. The molecule has 2 rings (SSSR count). The maximum atomic E-state index is 11.8. The number of hydrogen-bond donors (Lipinski definition) is 2. The Labute approximate surface area is 103 Å². The van der Waals surface area contributed by atoms with Crippen LogP contribution in [0.5, 0.6) is 0 Å². The highest BCUT2D eigenvalue weighted by molar-refractivity contribution is 6.31. The van der Waals surface area contributed by atoms with Crippen LogP contribution < -0.4 is 11.1 Å². The maximum absolute atomic E-state index is 11.8. The van der Waals surface area contributed by atoms with Gasteiger partial charge in [0, 0.05) is 10.6 Å². The van der Waals surface area contributed by atoms with E-state index in [1.165, 1.54) is 6.26 Å². The fourth-order valence-electron chi connectivity index (χ4n) is 1.43. The highest BCUT2D eigenvalue weighted by atomic mass is 35.5. The molecule has 0 atom stereocenters. The highest BCUT2D eigenvalue weighted by Gasteiger charge is 2.13. The van der Waals surface area contributed by atoms with Crippen molar-refractivity contribution < 1.29 is 9.21 Å². The van der Waals surface area contributed by atoms with Crippen molar-refractivity contribution in [3.05, 3.63) is 46.9 Å². The fraction of sp³-hybridized carbons (Fsp3) is 0.0833. The van der Waals surface area contributed by atoms with Gasteiger partial charge < -0.3 is 15.5 Å². The van der Waals surface area contributed by atoms with Crippen LogP contribution in [0, 0.1) is 6.92 Å². The lowest BCUT2D eigenvalue weighted by molar-refractivity contribution is 0.0996. The van der Waals surface area contributed by atoms with Crippen molar-refractivity contribution in [2.75, 3.05) is 11.1 Å². The molecule has 1 amide bonds. The van der Waals surface area contributed by atoms with Gasteiger partial charge in [0.15, 0.2) is 5.76 Å². The quantitative estimate of drug-likeness (QED) is 0.805. The van der Waals surface area contributed by atoms with Crippen LogP contribution in [0.15, 0.2) is 34.9 Å². The van der Waals surface area contributed by atoms with E-state index in [0.717, 1.165) is 5.56 Å². The van der Waals surface area contributed by atoms with Crippen LogP contribution in [-0.2, 0) is 0 Å². The van der Waals surface area contributed by atoms with Crippen LogP contribution in [0.3, 0.4) is 0 Å². The monoisotopic (exact) mass is 250 g/mol. The van der Waals surface area contributed by atoms with Gasteiger partial charge in [0.1, 0.15) is 0 Å². The van der Waals surface area contributed by atoms with Crippen LogP contribution in [0.2, 0.25) is 5.02 Å². The summed E-state index contributed by atoms with van der Waals surface area (Å²) >= 11 is 5.77. The van der Waals surface area contributed by atoms with Crippen molar-refractivity contribution in [2.24, 2.45) is 0 Å². The van der Waals surface area contributed by atoms with Gasteiger partial charge in [0.25, 0.3) is 5.91 Å². The van der Waals surface area contributed by atoms with Gasteiger partial charge in [-0.25, -0.2) is 0 Å². The van der Waals surface area contributed by atoms with Gasteiger partial charge in [-0.15, -0.1) is 0 Å². The Morgan fingerprint density at radius 2 is 2.18 bits per heavy atom. The molecule has 0 unspecified atom stereocenters. The summed E-state index contributed by atoms with van der Waals surface area (Å²) < 4.78 is 5.08. The molecule has 0 saturated carbocycles. The molecule has 5 heteroatoms. The lowest BCUT2D eigenvalue weighted by Crippen LogP contribution is -2.13. The van der Waals surface area contributed by atoms with Crippen LogP contribution in [0.1, 0.15) is 16.1 Å². The number of aryl methyl sites for hydroxylation is 1. The Hall–Kier alpha value is -1.94. The van der Waals surface area contributed by atoms with Gasteiger partial charge in [-0.3, -0.25) is 4.79 Å². The minimum absolute atomic E-state index is 0.277. The van der Waals surface area contributed by atoms with E-state index in [1.54, 1.807) is 31.2 Å². The van der Waals surface area contributed by atoms with Crippen molar-refractivity contribution >= 4 is 28.9 Å². The Bertz CT molecular complexity index is 563. The number of carbonyl (C=O) groups excluding carboxylic acids is 1. The summed E-state index contributed by atoms with van der Waals surface area (Å²) in [6, 6.07) is 6.60. The van der Waals surface area contributed by atoms with Gasteiger partial charge in [0.2, 0.25) is 0 Å². The Kier molecular flexibility index (Phi) is 3.06.